The molecule has 0 radical (unpaired) electrons. The molecule has 1 aliphatic rings. The van der Waals surface area contributed by atoms with Crippen molar-refractivity contribution in [1.29, 1.82) is 0 Å². The van der Waals surface area contributed by atoms with Gasteiger partial charge in [0.2, 0.25) is 0 Å². The predicted octanol–water partition coefficient (Wildman–Crippen LogP) is 2.18. The molecule has 7 heteroatoms. The highest BCUT2D eigenvalue weighted by Gasteiger charge is 2.17. The first kappa shape index (κ1) is 18.3. The van der Waals surface area contributed by atoms with Gasteiger partial charge in [-0.3, -0.25) is 9.20 Å². The Labute approximate surface area is 163 Å². The quantitative estimate of drug-likeness (QED) is 0.748. The summed E-state index contributed by atoms with van der Waals surface area (Å²) in [7, 11) is 3.18. The van der Waals surface area contributed by atoms with Crippen LogP contribution in [0.2, 0.25) is 0 Å². The van der Waals surface area contributed by atoms with Crippen molar-refractivity contribution >= 4 is 11.3 Å². The highest BCUT2D eigenvalue weighted by Crippen LogP contribution is 2.31. The van der Waals surface area contributed by atoms with Crippen molar-refractivity contribution < 1.29 is 9.47 Å². The lowest BCUT2D eigenvalue weighted by molar-refractivity contribution is 0.355. The van der Waals surface area contributed by atoms with Crippen molar-refractivity contribution in [3.63, 3.8) is 0 Å². The van der Waals surface area contributed by atoms with Crippen LogP contribution in [0.5, 0.6) is 11.5 Å². The summed E-state index contributed by atoms with van der Waals surface area (Å²) in [5, 5.41) is 3.43. The normalized spacial score (nSPS) is 17.0. The number of piperazine rings is 1. The summed E-state index contributed by atoms with van der Waals surface area (Å²) in [5.74, 6) is 1.24. The number of benzene rings is 1. The molecule has 0 aliphatic carbocycles. The summed E-state index contributed by atoms with van der Waals surface area (Å²) in [5.41, 5.74) is 2.94. The molecule has 0 amide bonds. The molecule has 1 aliphatic heterocycles. The fourth-order valence-corrected chi connectivity index (χ4v) is 3.59. The van der Waals surface area contributed by atoms with Gasteiger partial charge < -0.3 is 19.7 Å². The summed E-state index contributed by atoms with van der Waals surface area (Å²) < 4.78 is 12.2. The molecule has 4 rings (SSSR count). The first-order chi connectivity index (χ1) is 13.6. The number of fused-ring (bicyclic) bond motifs is 1. The Balaban J connectivity index is 1.73. The zero-order valence-electron chi connectivity index (χ0n) is 16.3. The lowest BCUT2D eigenvalue weighted by Gasteiger charge is -2.33. The van der Waals surface area contributed by atoms with Crippen LogP contribution in [0, 0.1) is 0 Å². The van der Waals surface area contributed by atoms with E-state index in [0.29, 0.717) is 28.9 Å². The number of hydrogen-bond acceptors (Lipinski definition) is 6. The van der Waals surface area contributed by atoms with Crippen molar-refractivity contribution in [2.45, 2.75) is 13.0 Å². The number of hydrogen-bond donors (Lipinski definition) is 1. The Kier molecular flexibility index (Phi) is 4.92. The van der Waals surface area contributed by atoms with Crippen LogP contribution in [0.1, 0.15) is 6.92 Å². The van der Waals surface area contributed by atoms with Crippen LogP contribution in [-0.4, -0.2) is 49.3 Å². The molecular formula is C21H24N4O3. The van der Waals surface area contributed by atoms with Gasteiger partial charge in [0, 0.05) is 43.5 Å². The molecular weight excluding hydrogens is 356 g/mol. The molecule has 1 saturated heterocycles. The van der Waals surface area contributed by atoms with Gasteiger partial charge >= 0.3 is 0 Å². The minimum absolute atomic E-state index is 0.111. The highest BCUT2D eigenvalue weighted by atomic mass is 16.5. The minimum atomic E-state index is -0.111. The van der Waals surface area contributed by atoms with Gasteiger partial charge in [-0.15, -0.1) is 0 Å². The summed E-state index contributed by atoms with van der Waals surface area (Å²) in [6.07, 6.45) is 1.88. The number of nitrogens with zero attached hydrogens (tertiary/aromatic N) is 3. The lowest BCUT2D eigenvalue weighted by Crippen LogP contribution is -2.49. The van der Waals surface area contributed by atoms with Crippen molar-refractivity contribution in [1.82, 2.24) is 14.7 Å². The Morgan fingerprint density at radius 1 is 1.11 bits per heavy atom. The van der Waals surface area contributed by atoms with Gasteiger partial charge in [0.1, 0.15) is 5.65 Å². The van der Waals surface area contributed by atoms with Crippen molar-refractivity contribution in [3.05, 3.63) is 52.9 Å². The smallest absolute Gasteiger partial charge is 0.258 e. The number of aromatic nitrogens is 2. The highest BCUT2D eigenvalue weighted by molar-refractivity contribution is 5.66. The van der Waals surface area contributed by atoms with Crippen LogP contribution in [0.25, 0.3) is 16.9 Å². The maximum Gasteiger partial charge on any atom is 0.258 e. The third-order valence-electron chi connectivity index (χ3n) is 5.06. The van der Waals surface area contributed by atoms with E-state index in [9.17, 15) is 4.79 Å². The van der Waals surface area contributed by atoms with Gasteiger partial charge in [0.05, 0.1) is 25.6 Å². The van der Waals surface area contributed by atoms with E-state index in [2.05, 4.69) is 22.1 Å². The van der Waals surface area contributed by atoms with E-state index < -0.39 is 0 Å². The van der Waals surface area contributed by atoms with Crippen LogP contribution in [0.15, 0.2) is 47.4 Å². The Morgan fingerprint density at radius 2 is 1.93 bits per heavy atom. The van der Waals surface area contributed by atoms with Gasteiger partial charge in [-0.05, 0) is 37.3 Å². The Bertz CT molecular complexity index is 1060. The van der Waals surface area contributed by atoms with E-state index in [0.717, 1.165) is 30.9 Å². The van der Waals surface area contributed by atoms with E-state index in [1.165, 1.54) is 0 Å². The van der Waals surface area contributed by atoms with Gasteiger partial charge in [0.25, 0.3) is 5.56 Å². The molecule has 28 heavy (non-hydrogen) atoms. The number of nitrogens with one attached hydrogen (secondary N) is 1. The van der Waals surface area contributed by atoms with Crippen LogP contribution in [0.4, 0.5) is 5.69 Å². The zero-order valence-corrected chi connectivity index (χ0v) is 16.3. The first-order valence-electron chi connectivity index (χ1n) is 9.33. The molecule has 0 saturated carbocycles. The largest absolute Gasteiger partial charge is 0.493 e. The van der Waals surface area contributed by atoms with Crippen LogP contribution in [0.3, 0.4) is 0 Å². The van der Waals surface area contributed by atoms with Crippen molar-refractivity contribution in [2.75, 3.05) is 38.8 Å². The standard InChI is InChI=1S/C21H24N4O3/c1-14-12-24(9-8-22-14)16-5-7-20-23-17(11-21(26)25(20)13-16)15-4-6-18(27-2)19(10-15)28-3/h4-7,10-11,13-14,22H,8-9,12H2,1-3H3/t14-/m1/s1. The molecule has 1 atom stereocenters. The second-order valence-electron chi connectivity index (χ2n) is 6.97. The molecule has 1 fully saturated rings. The molecule has 3 heterocycles. The molecule has 146 valence electrons. The monoisotopic (exact) mass is 380 g/mol. The molecule has 3 aromatic rings. The van der Waals surface area contributed by atoms with Crippen molar-refractivity contribution in [2.24, 2.45) is 0 Å². The van der Waals surface area contributed by atoms with E-state index in [-0.39, 0.29) is 5.56 Å². The number of pyridine rings is 1. The van der Waals surface area contributed by atoms with E-state index in [1.54, 1.807) is 24.7 Å². The molecule has 0 bridgehead atoms. The summed E-state index contributed by atoms with van der Waals surface area (Å²) in [6.45, 7) is 4.93. The van der Waals surface area contributed by atoms with Gasteiger partial charge in [0.15, 0.2) is 11.5 Å². The van der Waals surface area contributed by atoms with E-state index in [1.807, 2.05) is 36.5 Å². The molecule has 1 aromatic carbocycles. The summed E-state index contributed by atoms with van der Waals surface area (Å²) in [4.78, 5) is 19.7. The number of ether oxygens (including phenoxy) is 2. The molecule has 2 aromatic heterocycles. The average Bonchev–Trinajstić information content (AvgIpc) is 2.73. The summed E-state index contributed by atoms with van der Waals surface area (Å²) >= 11 is 0. The minimum Gasteiger partial charge on any atom is -0.493 e. The topological polar surface area (TPSA) is 68.1 Å². The second-order valence-corrected chi connectivity index (χ2v) is 6.97. The van der Waals surface area contributed by atoms with Crippen molar-refractivity contribution in [3.8, 4) is 22.8 Å². The van der Waals surface area contributed by atoms with Crippen LogP contribution in [-0.2, 0) is 0 Å². The first-order valence-corrected chi connectivity index (χ1v) is 9.33. The van der Waals surface area contributed by atoms with Gasteiger partial charge in [-0.2, -0.15) is 0 Å². The fraction of sp³-hybridized carbons (Fsp3) is 0.333. The predicted molar refractivity (Wildman–Crippen MR) is 110 cm³/mol. The number of anilines is 1. The summed E-state index contributed by atoms with van der Waals surface area (Å²) in [6, 6.07) is 11.4. The zero-order chi connectivity index (χ0) is 19.7. The third kappa shape index (κ3) is 3.41. The maximum atomic E-state index is 12.8. The SMILES string of the molecule is COc1ccc(-c2cc(=O)n3cc(N4CCN[C@H](C)C4)ccc3n2)cc1OC. The lowest BCUT2D eigenvalue weighted by atomic mass is 10.1. The fourth-order valence-electron chi connectivity index (χ4n) is 3.59. The number of rotatable bonds is 4. The molecule has 0 unspecified atom stereocenters. The van der Waals surface area contributed by atoms with Gasteiger partial charge in [-0.1, -0.05) is 0 Å². The average molecular weight is 380 g/mol. The van der Waals surface area contributed by atoms with E-state index in [4.69, 9.17) is 9.47 Å². The maximum absolute atomic E-state index is 12.8. The third-order valence-corrected chi connectivity index (χ3v) is 5.06. The molecule has 7 nitrogen and oxygen atoms in total. The Hall–Kier alpha value is -3.06. The molecule has 1 N–H and O–H groups in total. The van der Waals surface area contributed by atoms with Crippen LogP contribution >= 0.6 is 0 Å². The van der Waals surface area contributed by atoms with Gasteiger partial charge in [-0.25, -0.2) is 4.98 Å². The molecule has 0 spiro atoms. The second kappa shape index (κ2) is 7.52. The van der Waals surface area contributed by atoms with Crippen LogP contribution < -0.4 is 25.2 Å². The Morgan fingerprint density at radius 3 is 2.68 bits per heavy atom. The number of methoxy groups -OCH3 is 2. The van der Waals surface area contributed by atoms with E-state index >= 15 is 0 Å².